The number of esters is 1. The summed E-state index contributed by atoms with van der Waals surface area (Å²) in [5.41, 5.74) is 6.76. The lowest BCUT2D eigenvalue weighted by Gasteiger charge is -2.09. The summed E-state index contributed by atoms with van der Waals surface area (Å²) < 4.78 is 15.7. The summed E-state index contributed by atoms with van der Waals surface area (Å²) in [6.45, 7) is 5.55. The normalized spacial score (nSPS) is 11.8. The van der Waals surface area contributed by atoms with Gasteiger partial charge >= 0.3 is 5.97 Å². The van der Waals surface area contributed by atoms with Gasteiger partial charge in [-0.25, -0.2) is 4.79 Å². The fraction of sp³-hybridized carbons (Fsp3) is 0.471. The van der Waals surface area contributed by atoms with Crippen molar-refractivity contribution in [3.05, 3.63) is 34.8 Å². The van der Waals surface area contributed by atoms with Crippen molar-refractivity contribution >= 4 is 11.9 Å². The summed E-state index contributed by atoms with van der Waals surface area (Å²) in [7, 11) is 0. The number of unbranched alkanes of at least 4 members (excludes halogenated alkanes) is 1. The maximum atomic E-state index is 11.8. The highest BCUT2D eigenvalue weighted by Gasteiger charge is 2.18. The number of primary amides is 1. The van der Waals surface area contributed by atoms with Crippen LogP contribution in [0.3, 0.4) is 0 Å². The Balaban J connectivity index is 1.97. The number of nitrogens with zero attached hydrogens (tertiary/aromatic N) is 3. The van der Waals surface area contributed by atoms with Crippen LogP contribution in [0, 0.1) is 6.92 Å². The Kier molecular flexibility index (Phi) is 6.65. The number of aromatic nitrogens is 3. The van der Waals surface area contributed by atoms with Crippen LogP contribution in [-0.4, -0.2) is 33.3 Å². The topological polar surface area (TPSA) is 130 Å². The zero-order chi connectivity index (χ0) is 19.1. The second kappa shape index (κ2) is 8.93. The number of nitrogens with two attached hydrogens (primary N) is 1. The number of carbonyl (C=O) groups excluding carboxylic acids is 2. The largest absolute Gasteiger partial charge is 0.472 e. The molecule has 9 nitrogen and oxygen atoms in total. The van der Waals surface area contributed by atoms with Crippen LogP contribution in [0.2, 0.25) is 0 Å². The molecule has 2 heterocycles. The van der Waals surface area contributed by atoms with Crippen LogP contribution >= 0.6 is 0 Å². The van der Waals surface area contributed by atoms with E-state index in [9.17, 15) is 9.59 Å². The molecule has 1 atom stereocenters. The van der Waals surface area contributed by atoms with E-state index in [4.69, 9.17) is 19.7 Å². The number of aryl methyl sites for hydroxylation is 2. The van der Waals surface area contributed by atoms with E-state index in [1.807, 2.05) is 6.92 Å². The van der Waals surface area contributed by atoms with Crippen LogP contribution in [-0.2, 0) is 22.6 Å². The smallest absolute Gasteiger partial charge is 0.359 e. The molecule has 2 rings (SSSR count). The minimum Gasteiger partial charge on any atom is -0.472 e. The highest BCUT2D eigenvalue weighted by atomic mass is 16.5. The van der Waals surface area contributed by atoms with Gasteiger partial charge in [0.15, 0.2) is 11.8 Å². The quantitative estimate of drug-likeness (QED) is 0.667. The molecule has 2 aromatic heterocycles. The number of rotatable bonds is 9. The maximum Gasteiger partial charge on any atom is 0.359 e. The van der Waals surface area contributed by atoms with Gasteiger partial charge in [-0.3, -0.25) is 4.79 Å². The van der Waals surface area contributed by atoms with Gasteiger partial charge in [-0.15, -0.1) is 10.2 Å². The fourth-order valence-electron chi connectivity index (χ4n) is 2.09. The Morgan fingerprint density at radius 2 is 2.08 bits per heavy atom. The third-order valence-corrected chi connectivity index (χ3v) is 3.73. The molecule has 0 radical (unpaired) electrons. The lowest BCUT2D eigenvalue weighted by molar-refractivity contribution is -0.125. The molecular formula is C17H22N4O5. The molecule has 2 aromatic rings. The van der Waals surface area contributed by atoms with Gasteiger partial charge in [-0.2, -0.15) is 0 Å². The van der Waals surface area contributed by atoms with Crippen molar-refractivity contribution in [2.75, 3.05) is 0 Å². The van der Waals surface area contributed by atoms with E-state index in [2.05, 4.69) is 22.3 Å². The van der Waals surface area contributed by atoms with E-state index >= 15 is 0 Å². The molecule has 140 valence electrons. The van der Waals surface area contributed by atoms with Gasteiger partial charge in [0.1, 0.15) is 12.4 Å². The second-order valence-electron chi connectivity index (χ2n) is 5.76. The third-order valence-electron chi connectivity index (χ3n) is 3.73. The van der Waals surface area contributed by atoms with Gasteiger partial charge in [0, 0.05) is 6.07 Å². The van der Waals surface area contributed by atoms with Crippen LogP contribution in [0.4, 0.5) is 0 Å². The lowest BCUT2D eigenvalue weighted by atomic mass is 10.1. The van der Waals surface area contributed by atoms with E-state index in [1.54, 1.807) is 0 Å². The predicted molar refractivity (Wildman–Crippen MR) is 90.3 cm³/mol. The molecular weight excluding hydrogens is 340 g/mol. The number of carbonyl (C=O) groups is 2. The van der Waals surface area contributed by atoms with Gasteiger partial charge in [0.2, 0.25) is 5.88 Å². The van der Waals surface area contributed by atoms with Gasteiger partial charge in [-0.05, 0) is 32.8 Å². The molecule has 0 aliphatic heterocycles. The number of ether oxygens (including phenoxy) is 2. The molecule has 0 saturated carbocycles. The van der Waals surface area contributed by atoms with Crippen molar-refractivity contribution in [1.82, 2.24) is 15.4 Å². The molecule has 0 spiro atoms. The molecule has 1 amide bonds. The molecule has 0 aliphatic carbocycles. The minimum atomic E-state index is -1.04. The number of amides is 1. The molecule has 0 fully saturated rings. The highest BCUT2D eigenvalue weighted by Crippen LogP contribution is 2.18. The molecule has 9 heteroatoms. The molecule has 0 bridgehead atoms. The summed E-state index contributed by atoms with van der Waals surface area (Å²) in [4.78, 5) is 22.7. The lowest BCUT2D eigenvalue weighted by Crippen LogP contribution is -2.30. The second-order valence-corrected chi connectivity index (χ2v) is 5.76. The van der Waals surface area contributed by atoms with Gasteiger partial charge in [0.25, 0.3) is 5.91 Å². The van der Waals surface area contributed by atoms with Gasteiger partial charge < -0.3 is 19.7 Å². The molecule has 26 heavy (non-hydrogen) atoms. The number of hydrogen-bond acceptors (Lipinski definition) is 8. The first-order valence-electron chi connectivity index (χ1n) is 8.33. The van der Waals surface area contributed by atoms with Crippen molar-refractivity contribution in [1.29, 1.82) is 0 Å². The summed E-state index contributed by atoms with van der Waals surface area (Å²) in [6.07, 6.45) is 1.85. The Morgan fingerprint density at radius 1 is 1.31 bits per heavy atom. The first kappa shape index (κ1) is 19.4. The summed E-state index contributed by atoms with van der Waals surface area (Å²) in [6, 6.07) is 2.89. The van der Waals surface area contributed by atoms with E-state index in [-0.39, 0.29) is 18.2 Å². The molecule has 0 aliphatic rings. The Labute approximate surface area is 150 Å². The van der Waals surface area contributed by atoms with Crippen molar-refractivity contribution < 1.29 is 23.6 Å². The van der Waals surface area contributed by atoms with Gasteiger partial charge in [0.05, 0.1) is 11.3 Å². The standard InChI is InChI=1S/C17H22N4O5/c1-4-5-6-13-12(10(2)26-21-13)9-24-15-8-7-14(19-20-15)17(23)25-11(3)16(18)22/h7-8,11H,4-6,9H2,1-3H3,(H2,18,22). The number of hydrogen-bond donors (Lipinski definition) is 1. The van der Waals surface area contributed by atoms with Crippen molar-refractivity contribution in [2.24, 2.45) is 5.73 Å². The monoisotopic (exact) mass is 362 g/mol. The van der Waals surface area contributed by atoms with Crippen LogP contribution < -0.4 is 10.5 Å². The SMILES string of the molecule is CCCCc1noc(C)c1COc1ccc(C(=O)OC(C)C(N)=O)nn1. The first-order valence-corrected chi connectivity index (χ1v) is 8.33. The predicted octanol–water partition coefficient (Wildman–Crippen LogP) is 1.73. The van der Waals surface area contributed by atoms with Gasteiger partial charge in [-0.1, -0.05) is 18.5 Å². The van der Waals surface area contributed by atoms with E-state index in [1.165, 1.54) is 19.1 Å². The van der Waals surface area contributed by atoms with E-state index < -0.39 is 18.0 Å². The van der Waals surface area contributed by atoms with E-state index in [0.29, 0.717) is 5.76 Å². The summed E-state index contributed by atoms with van der Waals surface area (Å²) >= 11 is 0. The molecule has 2 N–H and O–H groups in total. The first-order chi connectivity index (χ1) is 12.4. The third kappa shape index (κ3) is 5.01. The van der Waals surface area contributed by atoms with Crippen molar-refractivity contribution in [3.8, 4) is 5.88 Å². The molecule has 0 saturated heterocycles. The molecule has 0 aromatic carbocycles. The van der Waals surface area contributed by atoms with Crippen LogP contribution in [0.25, 0.3) is 0 Å². The van der Waals surface area contributed by atoms with Crippen LogP contribution in [0.5, 0.6) is 5.88 Å². The zero-order valence-corrected chi connectivity index (χ0v) is 15.0. The van der Waals surface area contributed by atoms with Crippen molar-refractivity contribution in [3.63, 3.8) is 0 Å². The Bertz CT molecular complexity index is 757. The van der Waals surface area contributed by atoms with Crippen molar-refractivity contribution in [2.45, 2.75) is 52.7 Å². The molecule has 1 unspecified atom stereocenters. The minimum absolute atomic E-state index is 0.0461. The zero-order valence-electron chi connectivity index (χ0n) is 15.0. The fourth-order valence-corrected chi connectivity index (χ4v) is 2.09. The summed E-state index contributed by atoms with van der Waals surface area (Å²) in [5, 5.41) is 11.6. The van der Waals surface area contributed by atoms with E-state index in [0.717, 1.165) is 30.5 Å². The summed E-state index contributed by atoms with van der Waals surface area (Å²) in [5.74, 6) is -0.586. The Morgan fingerprint density at radius 3 is 2.69 bits per heavy atom. The highest BCUT2D eigenvalue weighted by molar-refractivity contribution is 5.90. The maximum absolute atomic E-state index is 11.8. The average molecular weight is 362 g/mol. The van der Waals surface area contributed by atoms with Crippen LogP contribution in [0.15, 0.2) is 16.7 Å². The Hall–Kier alpha value is -2.97. The van der Waals surface area contributed by atoms with Crippen LogP contribution in [0.1, 0.15) is 54.2 Å². The average Bonchev–Trinajstić information content (AvgIpc) is 2.98.